The molecule has 2 aromatic carbocycles. The van der Waals surface area contributed by atoms with Gasteiger partial charge in [-0.05, 0) is 62.2 Å². The van der Waals surface area contributed by atoms with Crippen molar-refractivity contribution in [3.05, 3.63) is 70.3 Å². The minimum Gasteiger partial charge on any atom is -0.507 e. The lowest BCUT2D eigenvalue weighted by atomic mass is 9.95. The fourth-order valence-electron chi connectivity index (χ4n) is 3.60. The highest BCUT2D eigenvalue weighted by Crippen LogP contribution is 2.39. The molecule has 0 aromatic heterocycles. The Morgan fingerprint density at radius 3 is 2.32 bits per heavy atom. The topological polar surface area (TPSA) is 76.1 Å². The molecule has 1 atom stereocenters. The van der Waals surface area contributed by atoms with Crippen LogP contribution in [-0.2, 0) is 14.3 Å². The van der Waals surface area contributed by atoms with Gasteiger partial charge in [0.15, 0.2) is 0 Å². The molecule has 1 amide bonds. The van der Waals surface area contributed by atoms with Gasteiger partial charge in [-0.3, -0.25) is 9.59 Å². The van der Waals surface area contributed by atoms with Crippen molar-refractivity contribution in [2.24, 2.45) is 0 Å². The number of amides is 1. The van der Waals surface area contributed by atoms with E-state index >= 15 is 0 Å². The molecule has 1 N–H and O–H groups in total. The fraction of sp³-hybridized carbons (Fsp3) is 0.333. The second-order valence-corrected chi connectivity index (χ2v) is 8.02. The molecular weight excluding hydrogens is 418 g/mol. The molecule has 0 radical (unpaired) electrons. The lowest BCUT2D eigenvalue weighted by Crippen LogP contribution is -2.31. The molecule has 3 rings (SSSR count). The first kappa shape index (κ1) is 22.8. The van der Waals surface area contributed by atoms with Crippen molar-refractivity contribution in [1.29, 1.82) is 0 Å². The quantitative estimate of drug-likeness (QED) is 0.279. The van der Waals surface area contributed by atoms with Crippen molar-refractivity contribution in [3.8, 4) is 5.75 Å². The van der Waals surface area contributed by atoms with Crippen LogP contribution >= 0.6 is 11.6 Å². The van der Waals surface area contributed by atoms with E-state index in [1.807, 2.05) is 13.8 Å². The summed E-state index contributed by atoms with van der Waals surface area (Å²) in [6, 6.07) is 13.0. The zero-order valence-corrected chi connectivity index (χ0v) is 18.6. The molecule has 1 aliphatic heterocycles. The molecule has 164 valence electrons. The zero-order chi connectivity index (χ0) is 22.5. The molecule has 0 spiro atoms. The summed E-state index contributed by atoms with van der Waals surface area (Å²) >= 11 is 6.02. The molecule has 0 bridgehead atoms. The predicted octanol–water partition coefficient (Wildman–Crippen LogP) is 4.59. The molecule has 2 aromatic rings. The maximum atomic E-state index is 12.9. The molecule has 0 unspecified atom stereocenters. The van der Waals surface area contributed by atoms with E-state index in [4.69, 9.17) is 21.1 Å². The highest BCUT2D eigenvalue weighted by Gasteiger charge is 2.45. The Bertz CT molecular complexity index is 966. The van der Waals surface area contributed by atoms with Gasteiger partial charge in [0.25, 0.3) is 11.7 Å². The zero-order valence-electron chi connectivity index (χ0n) is 17.8. The monoisotopic (exact) mass is 443 g/mol. The van der Waals surface area contributed by atoms with Crippen LogP contribution in [0.15, 0.2) is 54.1 Å². The van der Waals surface area contributed by atoms with Crippen LogP contribution in [0.2, 0.25) is 5.02 Å². The van der Waals surface area contributed by atoms with Gasteiger partial charge >= 0.3 is 0 Å². The molecule has 1 heterocycles. The van der Waals surface area contributed by atoms with Crippen molar-refractivity contribution < 1.29 is 24.2 Å². The van der Waals surface area contributed by atoms with Gasteiger partial charge in [0.2, 0.25) is 0 Å². The first-order chi connectivity index (χ1) is 14.8. The number of aliphatic hydroxyl groups is 1. The number of carbonyl (C=O) groups is 2. The van der Waals surface area contributed by atoms with Crippen molar-refractivity contribution >= 4 is 29.1 Å². The molecule has 7 heteroatoms. The molecular formula is C24H26ClNO5. The highest BCUT2D eigenvalue weighted by atomic mass is 35.5. The number of ketones is 1. The first-order valence-electron chi connectivity index (χ1n) is 10.1. The number of methoxy groups -OCH3 is 1. The Labute approximate surface area is 187 Å². The number of hydrogen-bond acceptors (Lipinski definition) is 5. The Morgan fingerprint density at radius 1 is 1.10 bits per heavy atom. The molecule has 0 saturated carbocycles. The van der Waals surface area contributed by atoms with Crippen molar-refractivity contribution in [3.63, 3.8) is 0 Å². The van der Waals surface area contributed by atoms with Crippen LogP contribution < -0.4 is 4.74 Å². The molecule has 0 aliphatic carbocycles. The summed E-state index contributed by atoms with van der Waals surface area (Å²) in [4.78, 5) is 27.2. The third kappa shape index (κ3) is 5.09. The number of Topliss-reactive ketones (excluding diaryl/α,β-unsaturated/α-hetero) is 1. The Balaban J connectivity index is 2.04. The SMILES string of the molecule is COCCCN1C(=O)C(=O)C(=C(O)c2ccc(OC(C)C)cc2)[C@@H]1c1ccc(Cl)cc1. The Kier molecular flexibility index (Phi) is 7.36. The number of benzene rings is 2. The largest absolute Gasteiger partial charge is 0.507 e. The summed E-state index contributed by atoms with van der Waals surface area (Å²) in [6.45, 7) is 4.62. The average Bonchev–Trinajstić information content (AvgIpc) is 2.99. The number of hydrogen-bond donors (Lipinski definition) is 1. The smallest absolute Gasteiger partial charge is 0.295 e. The number of rotatable bonds is 8. The van der Waals surface area contributed by atoms with Gasteiger partial charge in [-0.1, -0.05) is 23.7 Å². The summed E-state index contributed by atoms with van der Waals surface area (Å²) in [5, 5.41) is 11.6. The summed E-state index contributed by atoms with van der Waals surface area (Å²) < 4.78 is 10.7. The first-order valence-corrected chi connectivity index (χ1v) is 10.5. The molecule has 1 aliphatic rings. The standard InChI is InChI=1S/C24H26ClNO5/c1-15(2)31-19-11-7-17(8-12-19)22(27)20-21(16-5-9-18(25)10-6-16)26(13-4-14-30-3)24(29)23(20)28/h5-12,15,21,27H,4,13-14H2,1-3H3/t21-/m0/s1. The summed E-state index contributed by atoms with van der Waals surface area (Å²) in [6.07, 6.45) is 0.580. The van der Waals surface area contributed by atoms with E-state index in [2.05, 4.69) is 0 Å². The van der Waals surface area contributed by atoms with E-state index in [9.17, 15) is 14.7 Å². The van der Waals surface area contributed by atoms with Gasteiger partial charge in [0.1, 0.15) is 11.5 Å². The van der Waals surface area contributed by atoms with Crippen LogP contribution in [0.3, 0.4) is 0 Å². The number of halogens is 1. The van der Waals surface area contributed by atoms with Crippen molar-refractivity contribution in [2.75, 3.05) is 20.3 Å². The molecule has 31 heavy (non-hydrogen) atoms. The van der Waals surface area contributed by atoms with Crippen LogP contribution in [0.1, 0.15) is 37.4 Å². The van der Waals surface area contributed by atoms with Crippen molar-refractivity contribution in [2.45, 2.75) is 32.4 Å². The fourth-order valence-corrected chi connectivity index (χ4v) is 3.73. The maximum Gasteiger partial charge on any atom is 0.295 e. The van der Waals surface area contributed by atoms with E-state index in [1.165, 1.54) is 4.90 Å². The number of ether oxygens (including phenoxy) is 2. The van der Waals surface area contributed by atoms with Crippen LogP contribution in [-0.4, -0.2) is 48.1 Å². The minimum absolute atomic E-state index is 0.0155. The van der Waals surface area contributed by atoms with E-state index in [-0.39, 0.29) is 17.4 Å². The number of nitrogens with zero attached hydrogens (tertiary/aromatic N) is 1. The lowest BCUT2D eigenvalue weighted by molar-refractivity contribution is -0.140. The molecule has 1 fully saturated rings. The Hall–Kier alpha value is -2.83. The predicted molar refractivity (Wildman–Crippen MR) is 119 cm³/mol. The average molecular weight is 444 g/mol. The summed E-state index contributed by atoms with van der Waals surface area (Å²) in [7, 11) is 1.58. The van der Waals surface area contributed by atoms with Crippen LogP contribution in [0.5, 0.6) is 5.75 Å². The Morgan fingerprint density at radius 2 is 1.74 bits per heavy atom. The second-order valence-electron chi connectivity index (χ2n) is 7.58. The lowest BCUT2D eigenvalue weighted by Gasteiger charge is -2.25. The second kappa shape index (κ2) is 9.98. The third-order valence-corrected chi connectivity index (χ3v) is 5.22. The highest BCUT2D eigenvalue weighted by molar-refractivity contribution is 6.46. The molecule has 6 nitrogen and oxygen atoms in total. The van der Waals surface area contributed by atoms with E-state index in [0.717, 1.165) is 0 Å². The van der Waals surface area contributed by atoms with Crippen LogP contribution in [0.4, 0.5) is 0 Å². The van der Waals surface area contributed by atoms with Gasteiger partial charge in [-0.25, -0.2) is 0 Å². The van der Waals surface area contributed by atoms with Crippen LogP contribution in [0.25, 0.3) is 5.76 Å². The van der Waals surface area contributed by atoms with Gasteiger partial charge in [-0.15, -0.1) is 0 Å². The van der Waals surface area contributed by atoms with Gasteiger partial charge < -0.3 is 19.5 Å². The third-order valence-electron chi connectivity index (χ3n) is 4.97. The summed E-state index contributed by atoms with van der Waals surface area (Å²) in [5.41, 5.74) is 1.19. The molecule has 1 saturated heterocycles. The van der Waals surface area contributed by atoms with Gasteiger partial charge in [0, 0.05) is 30.8 Å². The summed E-state index contributed by atoms with van der Waals surface area (Å²) in [5.74, 6) is -0.917. The van der Waals surface area contributed by atoms with Crippen LogP contribution in [0, 0.1) is 0 Å². The maximum absolute atomic E-state index is 12.9. The van der Waals surface area contributed by atoms with E-state index in [1.54, 1.807) is 55.6 Å². The minimum atomic E-state index is -0.711. The van der Waals surface area contributed by atoms with Gasteiger partial charge in [-0.2, -0.15) is 0 Å². The number of carbonyl (C=O) groups excluding carboxylic acids is 2. The number of aliphatic hydroxyl groups excluding tert-OH is 1. The normalized spacial score (nSPS) is 18.1. The number of likely N-dealkylation sites (tertiary alicyclic amines) is 1. The van der Waals surface area contributed by atoms with Gasteiger partial charge in [0.05, 0.1) is 17.7 Å². The van der Waals surface area contributed by atoms with E-state index in [0.29, 0.717) is 41.5 Å². The van der Waals surface area contributed by atoms with E-state index < -0.39 is 17.7 Å². The van der Waals surface area contributed by atoms with Crippen molar-refractivity contribution in [1.82, 2.24) is 4.90 Å².